The number of anilines is 1. The number of para-hydroxylation sites is 2. The first-order valence-electron chi connectivity index (χ1n) is 5.21. The molecule has 2 aromatic rings. The number of nitroso groups, excluding NO2 is 1. The molecule has 0 spiro atoms. The lowest BCUT2D eigenvalue weighted by molar-refractivity contribution is 0.412. The van der Waals surface area contributed by atoms with Crippen LogP contribution in [0.25, 0.3) is 5.69 Å². The molecule has 8 heteroatoms. The molecule has 98 valence electrons. The average Bonchev–Trinajstić information content (AvgIpc) is 2.39. The third-order valence-electron chi connectivity index (χ3n) is 2.54. The van der Waals surface area contributed by atoms with Crippen molar-refractivity contribution in [1.29, 1.82) is 0 Å². The number of nitrogens with zero attached hydrogens (tertiary/aromatic N) is 2. The number of methoxy groups -OCH3 is 1. The molecule has 3 N–H and O–H groups in total. The quantitative estimate of drug-likeness (QED) is 0.781. The van der Waals surface area contributed by atoms with Crippen LogP contribution >= 0.6 is 0 Å². The number of H-pyrrole nitrogens is 1. The molecule has 0 atom stereocenters. The summed E-state index contributed by atoms with van der Waals surface area (Å²) in [6, 6.07) is 6.53. The normalized spacial score (nSPS) is 10.2. The molecule has 0 bridgehead atoms. The van der Waals surface area contributed by atoms with Gasteiger partial charge in [0.15, 0.2) is 0 Å². The van der Waals surface area contributed by atoms with Crippen LogP contribution < -0.4 is 21.7 Å². The van der Waals surface area contributed by atoms with Crippen molar-refractivity contribution in [3.8, 4) is 11.4 Å². The van der Waals surface area contributed by atoms with Gasteiger partial charge >= 0.3 is 5.69 Å². The minimum atomic E-state index is -0.927. The largest absolute Gasteiger partial charge is 0.495 e. The summed E-state index contributed by atoms with van der Waals surface area (Å²) in [5.41, 5.74) is 3.69. The van der Waals surface area contributed by atoms with Crippen LogP contribution in [0.15, 0.2) is 39.0 Å². The molecule has 0 saturated heterocycles. The predicted molar refractivity (Wildman–Crippen MR) is 69.1 cm³/mol. The van der Waals surface area contributed by atoms with Gasteiger partial charge < -0.3 is 10.5 Å². The Morgan fingerprint density at radius 3 is 2.63 bits per heavy atom. The highest BCUT2D eigenvalue weighted by atomic mass is 16.5. The Balaban J connectivity index is 2.87. The summed E-state index contributed by atoms with van der Waals surface area (Å²) in [7, 11) is 1.42. The highest BCUT2D eigenvalue weighted by molar-refractivity contribution is 5.61. The van der Waals surface area contributed by atoms with Gasteiger partial charge in [-0.2, -0.15) is 0 Å². The third kappa shape index (κ3) is 1.99. The maximum absolute atomic E-state index is 11.8. The lowest BCUT2D eigenvalue weighted by Crippen LogP contribution is -2.31. The van der Waals surface area contributed by atoms with Gasteiger partial charge in [-0.15, -0.1) is 4.91 Å². The third-order valence-corrected chi connectivity index (χ3v) is 2.54. The summed E-state index contributed by atoms with van der Waals surface area (Å²) >= 11 is 0. The second-order valence-electron chi connectivity index (χ2n) is 3.59. The fourth-order valence-corrected chi connectivity index (χ4v) is 1.69. The second kappa shape index (κ2) is 4.77. The zero-order valence-corrected chi connectivity index (χ0v) is 9.91. The van der Waals surface area contributed by atoms with Gasteiger partial charge in [0.05, 0.1) is 12.8 Å². The Morgan fingerprint density at radius 2 is 2.00 bits per heavy atom. The maximum atomic E-state index is 11.8. The van der Waals surface area contributed by atoms with Gasteiger partial charge in [-0.25, -0.2) is 9.36 Å². The molecule has 0 fully saturated rings. The molecule has 8 nitrogen and oxygen atoms in total. The van der Waals surface area contributed by atoms with E-state index >= 15 is 0 Å². The van der Waals surface area contributed by atoms with E-state index in [9.17, 15) is 14.5 Å². The Morgan fingerprint density at radius 1 is 1.32 bits per heavy atom. The summed E-state index contributed by atoms with van der Waals surface area (Å²) in [4.78, 5) is 35.8. The number of rotatable bonds is 3. The van der Waals surface area contributed by atoms with Crippen LogP contribution in [-0.4, -0.2) is 16.7 Å². The van der Waals surface area contributed by atoms with Gasteiger partial charge in [-0.3, -0.25) is 9.78 Å². The second-order valence-corrected chi connectivity index (χ2v) is 3.59. The number of nitrogen functional groups attached to an aromatic ring is 1. The molecule has 19 heavy (non-hydrogen) atoms. The van der Waals surface area contributed by atoms with Crippen LogP contribution in [0.4, 0.5) is 11.5 Å². The molecule has 0 saturated carbocycles. The minimum Gasteiger partial charge on any atom is -0.495 e. The van der Waals surface area contributed by atoms with E-state index in [4.69, 9.17) is 10.5 Å². The lowest BCUT2D eigenvalue weighted by atomic mass is 10.3. The van der Waals surface area contributed by atoms with E-state index in [1.807, 2.05) is 4.98 Å². The topological polar surface area (TPSA) is 120 Å². The number of benzene rings is 1. The van der Waals surface area contributed by atoms with Crippen LogP contribution in [0, 0.1) is 4.91 Å². The summed E-state index contributed by atoms with van der Waals surface area (Å²) in [5, 5.41) is 2.53. The van der Waals surface area contributed by atoms with Crippen molar-refractivity contribution in [2.24, 2.45) is 5.18 Å². The van der Waals surface area contributed by atoms with Crippen molar-refractivity contribution in [3.63, 3.8) is 0 Å². The molecule has 1 heterocycles. The number of hydrogen-bond acceptors (Lipinski definition) is 6. The Labute approximate surface area is 106 Å². The van der Waals surface area contributed by atoms with Crippen LogP contribution in [0.2, 0.25) is 0 Å². The van der Waals surface area contributed by atoms with E-state index in [1.54, 1.807) is 24.3 Å². The van der Waals surface area contributed by atoms with E-state index in [-0.39, 0.29) is 5.82 Å². The standard InChI is InChI=1S/C11H10N4O4/c1-19-7-5-3-2-4-6(7)15-9(12)8(14-18)10(16)13-11(15)17/h2-5H,12H2,1H3,(H,13,16,17). The van der Waals surface area contributed by atoms with Crippen LogP contribution in [-0.2, 0) is 0 Å². The minimum absolute atomic E-state index is 0.300. The van der Waals surface area contributed by atoms with Crippen molar-refractivity contribution in [2.75, 3.05) is 12.8 Å². The SMILES string of the molecule is COc1ccccc1-n1c(N)c(N=O)c(=O)[nH]c1=O. The van der Waals surface area contributed by atoms with Crippen molar-refractivity contribution >= 4 is 11.5 Å². The van der Waals surface area contributed by atoms with E-state index in [0.29, 0.717) is 11.4 Å². The van der Waals surface area contributed by atoms with Crippen LogP contribution in [0.3, 0.4) is 0 Å². The zero-order valence-electron chi connectivity index (χ0n) is 9.91. The summed E-state index contributed by atoms with van der Waals surface area (Å²) in [6.07, 6.45) is 0. The Bertz CT molecular complexity index is 747. The molecule has 1 aromatic carbocycles. The van der Waals surface area contributed by atoms with Crippen molar-refractivity contribution < 1.29 is 4.74 Å². The number of nitrogens with two attached hydrogens (primary N) is 1. The average molecular weight is 262 g/mol. The molecule has 0 aliphatic rings. The van der Waals surface area contributed by atoms with E-state index in [0.717, 1.165) is 4.57 Å². The number of hydrogen-bond donors (Lipinski definition) is 2. The first-order chi connectivity index (χ1) is 9.10. The van der Waals surface area contributed by atoms with Gasteiger partial charge in [0.25, 0.3) is 5.56 Å². The monoisotopic (exact) mass is 262 g/mol. The van der Waals surface area contributed by atoms with Crippen LogP contribution in [0.1, 0.15) is 0 Å². The zero-order chi connectivity index (χ0) is 14.0. The number of aromatic nitrogens is 2. The molecule has 0 radical (unpaired) electrons. The van der Waals surface area contributed by atoms with Crippen molar-refractivity contribution in [1.82, 2.24) is 9.55 Å². The predicted octanol–water partition coefficient (Wildman–Crippen LogP) is 0.514. The molecule has 2 rings (SSSR count). The Kier molecular flexibility index (Phi) is 3.15. The molecular formula is C11H10N4O4. The number of nitrogens with one attached hydrogen (secondary N) is 1. The molecule has 0 amide bonds. The molecule has 0 unspecified atom stereocenters. The lowest BCUT2D eigenvalue weighted by Gasteiger charge is -2.12. The summed E-state index contributed by atoms with van der Waals surface area (Å²) in [6.45, 7) is 0. The van der Waals surface area contributed by atoms with E-state index in [2.05, 4.69) is 5.18 Å². The molecule has 1 aromatic heterocycles. The molecular weight excluding hydrogens is 252 g/mol. The molecule has 0 aliphatic carbocycles. The Hall–Kier alpha value is -2.90. The van der Waals surface area contributed by atoms with Crippen LogP contribution in [0.5, 0.6) is 5.75 Å². The fraction of sp³-hybridized carbons (Fsp3) is 0.0909. The van der Waals surface area contributed by atoms with Gasteiger partial charge in [0, 0.05) is 0 Å². The fourth-order valence-electron chi connectivity index (χ4n) is 1.69. The maximum Gasteiger partial charge on any atom is 0.334 e. The first kappa shape index (κ1) is 12.6. The highest BCUT2D eigenvalue weighted by Gasteiger charge is 2.16. The molecule has 0 aliphatic heterocycles. The van der Waals surface area contributed by atoms with Gasteiger partial charge in [-0.05, 0) is 17.3 Å². The van der Waals surface area contributed by atoms with Gasteiger partial charge in [0.2, 0.25) is 5.69 Å². The first-order valence-corrected chi connectivity index (χ1v) is 5.21. The highest BCUT2D eigenvalue weighted by Crippen LogP contribution is 2.25. The van der Waals surface area contributed by atoms with Gasteiger partial charge in [-0.1, -0.05) is 12.1 Å². The summed E-state index contributed by atoms with van der Waals surface area (Å²) in [5.74, 6) is 0.0217. The van der Waals surface area contributed by atoms with Crippen molar-refractivity contribution in [3.05, 3.63) is 50.0 Å². The smallest absolute Gasteiger partial charge is 0.334 e. The number of ether oxygens (including phenoxy) is 1. The van der Waals surface area contributed by atoms with Gasteiger partial charge in [0.1, 0.15) is 11.6 Å². The van der Waals surface area contributed by atoms with E-state index < -0.39 is 16.9 Å². The number of aromatic amines is 1. The van der Waals surface area contributed by atoms with E-state index in [1.165, 1.54) is 7.11 Å². The summed E-state index contributed by atoms with van der Waals surface area (Å²) < 4.78 is 6.05. The van der Waals surface area contributed by atoms with Crippen molar-refractivity contribution in [2.45, 2.75) is 0 Å².